The molecular weight excluding hydrogens is 398 g/mol. The first-order valence-corrected chi connectivity index (χ1v) is 14.7. The van der Waals surface area contributed by atoms with Crippen LogP contribution in [0, 0.1) is 0 Å². The maximum absolute atomic E-state index is 6.97. The van der Waals surface area contributed by atoms with Gasteiger partial charge >= 0.3 is 0 Å². The second kappa shape index (κ2) is 10.4. The van der Waals surface area contributed by atoms with Crippen LogP contribution < -0.4 is 5.32 Å². The topological polar surface area (TPSA) is 30.5 Å². The van der Waals surface area contributed by atoms with Crippen molar-refractivity contribution in [2.24, 2.45) is 0 Å². The molecule has 0 bridgehead atoms. The van der Waals surface area contributed by atoms with Crippen LogP contribution in [-0.4, -0.2) is 26.6 Å². The Morgan fingerprint density at radius 2 is 1.58 bits per heavy atom. The minimum atomic E-state index is -1.88. The highest BCUT2D eigenvalue weighted by molar-refractivity contribution is 6.74. The SMILES string of the molecule is C[C@H](N[C@@H]1CC[C@@H](OCc2ccccc2)CC1O[Si](C)(C)C(C)(C)C)c1ccccc1. The molecule has 0 aromatic heterocycles. The molecule has 1 unspecified atom stereocenters. The molecule has 3 rings (SSSR count). The molecule has 31 heavy (non-hydrogen) atoms. The summed E-state index contributed by atoms with van der Waals surface area (Å²) >= 11 is 0. The van der Waals surface area contributed by atoms with Gasteiger partial charge in [0.25, 0.3) is 0 Å². The molecule has 1 fully saturated rings. The Morgan fingerprint density at radius 1 is 0.968 bits per heavy atom. The van der Waals surface area contributed by atoms with Crippen LogP contribution in [0.15, 0.2) is 60.7 Å². The number of nitrogens with one attached hydrogen (secondary N) is 1. The first-order chi connectivity index (χ1) is 14.7. The predicted octanol–water partition coefficient (Wildman–Crippen LogP) is 6.87. The van der Waals surface area contributed by atoms with E-state index in [0.717, 1.165) is 19.3 Å². The fraction of sp³-hybridized carbons (Fsp3) is 0.556. The Morgan fingerprint density at radius 3 is 2.19 bits per heavy atom. The lowest BCUT2D eigenvalue weighted by Crippen LogP contribution is -2.54. The highest BCUT2D eigenvalue weighted by Crippen LogP contribution is 2.39. The van der Waals surface area contributed by atoms with Crippen LogP contribution in [0.2, 0.25) is 18.1 Å². The number of hydrogen-bond donors (Lipinski definition) is 1. The van der Waals surface area contributed by atoms with Crippen molar-refractivity contribution in [3.8, 4) is 0 Å². The summed E-state index contributed by atoms with van der Waals surface area (Å²) in [7, 11) is -1.88. The van der Waals surface area contributed by atoms with Gasteiger partial charge in [-0.3, -0.25) is 0 Å². The molecule has 3 nitrogen and oxygen atoms in total. The van der Waals surface area contributed by atoms with Crippen molar-refractivity contribution in [1.82, 2.24) is 5.32 Å². The Kier molecular flexibility index (Phi) is 8.14. The van der Waals surface area contributed by atoms with Crippen LogP contribution in [-0.2, 0) is 15.8 Å². The second-order valence-corrected chi connectivity index (χ2v) is 15.3. The molecule has 0 radical (unpaired) electrons. The van der Waals surface area contributed by atoms with E-state index >= 15 is 0 Å². The van der Waals surface area contributed by atoms with E-state index in [1.165, 1.54) is 11.1 Å². The maximum Gasteiger partial charge on any atom is 0.192 e. The summed E-state index contributed by atoms with van der Waals surface area (Å²) in [5.41, 5.74) is 2.57. The van der Waals surface area contributed by atoms with Gasteiger partial charge in [-0.1, -0.05) is 81.4 Å². The minimum absolute atomic E-state index is 0.182. The van der Waals surface area contributed by atoms with E-state index < -0.39 is 8.32 Å². The molecule has 1 aliphatic rings. The van der Waals surface area contributed by atoms with Crippen molar-refractivity contribution in [2.45, 2.75) is 96.0 Å². The lowest BCUT2D eigenvalue weighted by molar-refractivity contribution is -0.0329. The van der Waals surface area contributed by atoms with Crippen molar-refractivity contribution in [3.05, 3.63) is 71.8 Å². The van der Waals surface area contributed by atoms with Gasteiger partial charge in [-0.25, -0.2) is 0 Å². The first-order valence-electron chi connectivity index (χ1n) is 11.8. The van der Waals surface area contributed by atoms with E-state index in [4.69, 9.17) is 9.16 Å². The zero-order valence-electron chi connectivity index (χ0n) is 20.2. The fourth-order valence-corrected chi connectivity index (χ4v) is 5.44. The van der Waals surface area contributed by atoms with Crippen LogP contribution in [0.3, 0.4) is 0 Å². The van der Waals surface area contributed by atoms with Gasteiger partial charge in [-0.2, -0.15) is 0 Å². The zero-order valence-corrected chi connectivity index (χ0v) is 21.2. The standard InChI is InChI=1S/C27H41NO2Si/c1-21(23-15-11-8-12-16-23)28-25-18-17-24(29-20-22-13-9-7-10-14-22)19-26(25)30-31(5,6)27(2,3)4/h7-16,21,24-26,28H,17-20H2,1-6H3/t21-,24+,25+,26?/m0/s1. The number of benzene rings is 2. The third kappa shape index (κ3) is 6.76. The van der Waals surface area contributed by atoms with Crippen molar-refractivity contribution in [3.63, 3.8) is 0 Å². The van der Waals surface area contributed by atoms with Crippen molar-refractivity contribution in [2.75, 3.05) is 0 Å². The van der Waals surface area contributed by atoms with Gasteiger partial charge in [0, 0.05) is 18.5 Å². The van der Waals surface area contributed by atoms with Crippen molar-refractivity contribution >= 4 is 8.32 Å². The van der Waals surface area contributed by atoms with Gasteiger partial charge < -0.3 is 14.5 Å². The smallest absolute Gasteiger partial charge is 0.192 e. The summed E-state index contributed by atoms with van der Waals surface area (Å²) in [6, 6.07) is 21.9. The highest BCUT2D eigenvalue weighted by Gasteiger charge is 2.43. The molecule has 0 saturated heterocycles. The minimum Gasteiger partial charge on any atom is -0.412 e. The van der Waals surface area contributed by atoms with Gasteiger partial charge in [-0.05, 0) is 49.0 Å². The quantitative estimate of drug-likeness (QED) is 0.455. The van der Waals surface area contributed by atoms with E-state index in [9.17, 15) is 0 Å². The Hall–Kier alpha value is -1.46. The lowest BCUT2D eigenvalue weighted by atomic mass is 9.89. The lowest BCUT2D eigenvalue weighted by Gasteiger charge is -2.45. The molecule has 2 aromatic carbocycles. The number of rotatable bonds is 8. The van der Waals surface area contributed by atoms with E-state index in [1.807, 2.05) is 0 Å². The molecule has 4 atom stereocenters. The third-order valence-corrected chi connectivity index (χ3v) is 11.6. The molecule has 0 aliphatic heterocycles. The fourth-order valence-electron chi connectivity index (χ4n) is 4.07. The average Bonchev–Trinajstić information content (AvgIpc) is 2.74. The molecule has 1 saturated carbocycles. The molecule has 2 aromatic rings. The molecule has 0 spiro atoms. The predicted molar refractivity (Wildman–Crippen MR) is 133 cm³/mol. The van der Waals surface area contributed by atoms with E-state index in [1.54, 1.807) is 0 Å². The van der Waals surface area contributed by atoms with E-state index in [-0.39, 0.29) is 17.2 Å². The van der Waals surface area contributed by atoms with Gasteiger partial charge in [0.2, 0.25) is 0 Å². The molecule has 1 N–H and O–H groups in total. The normalized spacial score (nSPS) is 23.5. The molecule has 0 amide bonds. The maximum atomic E-state index is 6.97. The second-order valence-electron chi connectivity index (χ2n) is 10.6. The Labute approximate surface area is 190 Å². The number of hydrogen-bond acceptors (Lipinski definition) is 3. The average molecular weight is 440 g/mol. The summed E-state index contributed by atoms with van der Waals surface area (Å²) in [5.74, 6) is 0. The molecule has 1 aliphatic carbocycles. The van der Waals surface area contributed by atoms with Crippen LogP contribution >= 0.6 is 0 Å². The Balaban J connectivity index is 1.68. The summed E-state index contributed by atoms with van der Waals surface area (Å²) in [6.07, 6.45) is 3.54. The van der Waals surface area contributed by atoms with Crippen LogP contribution in [0.5, 0.6) is 0 Å². The van der Waals surface area contributed by atoms with Crippen LogP contribution in [0.1, 0.15) is 64.1 Å². The van der Waals surface area contributed by atoms with Gasteiger partial charge in [-0.15, -0.1) is 0 Å². The third-order valence-electron chi connectivity index (χ3n) is 7.09. The summed E-state index contributed by atoms with van der Waals surface area (Å²) in [4.78, 5) is 0. The Bertz CT molecular complexity index is 788. The van der Waals surface area contributed by atoms with Crippen LogP contribution in [0.4, 0.5) is 0 Å². The van der Waals surface area contributed by atoms with Gasteiger partial charge in [0.15, 0.2) is 8.32 Å². The molecule has 4 heteroatoms. The first kappa shape index (κ1) is 24.2. The summed E-state index contributed by atoms with van der Waals surface area (Å²) in [6.45, 7) is 14.6. The van der Waals surface area contributed by atoms with Gasteiger partial charge in [0.05, 0.1) is 18.8 Å². The summed E-state index contributed by atoms with van der Waals surface area (Å²) < 4.78 is 13.3. The van der Waals surface area contributed by atoms with E-state index in [2.05, 4.69) is 107 Å². The number of ether oxygens (including phenoxy) is 1. The van der Waals surface area contributed by atoms with Crippen LogP contribution in [0.25, 0.3) is 0 Å². The van der Waals surface area contributed by atoms with E-state index in [0.29, 0.717) is 18.7 Å². The monoisotopic (exact) mass is 439 g/mol. The molecular formula is C27H41NO2Si. The largest absolute Gasteiger partial charge is 0.412 e. The zero-order chi connectivity index (χ0) is 22.5. The van der Waals surface area contributed by atoms with Crippen molar-refractivity contribution in [1.29, 1.82) is 0 Å². The highest BCUT2D eigenvalue weighted by atomic mass is 28.4. The van der Waals surface area contributed by atoms with Gasteiger partial charge in [0.1, 0.15) is 0 Å². The molecule has 170 valence electrons. The molecule has 0 heterocycles. The summed E-state index contributed by atoms with van der Waals surface area (Å²) in [5, 5.41) is 4.09. The van der Waals surface area contributed by atoms with Crippen molar-refractivity contribution < 1.29 is 9.16 Å².